The molecule has 0 unspecified atom stereocenters. The quantitative estimate of drug-likeness (QED) is 0.192. The van der Waals surface area contributed by atoms with Crippen LogP contribution >= 0.6 is 0 Å². The first-order valence-electron chi connectivity index (χ1n) is 16.9. The standard InChI is InChI=1S/C46H28N2O2/c1-2-12-30(13-3-1)48-39-17-8-6-15-34(39)37-27-31(22-25-40(37)48)47(32-23-26-43-38(28-32)35-16-7-9-19-42(35)49-43)41-18-10-20-44-45(41)36-24-21-29-11-4-5-14-33(29)46(36)50-44/h1-28H. The van der Waals surface area contributed by atoms with Gasteiger partial charge in [0.05, 0.1) is 22.1 Å². The molecule has 0 fully saturated rings. The predicted molar refractivity (Wildman–Crippen MR) is 208 cm³/mol. The summed E-state index contributed by atoms with van der Waals surface area (Å²) in [5, 5.41) is 9.03. The van der Waals surface area contributed by atoms with E-state index in [-0.39, 0.29) is 0 Å². The van der Waals surface area contributed by atoms with E-state index in [0.717, 1.165) is 82.9 Å². The third kappa shape index (κ3) is 3.87. The molecule has 0 saturated carbocycles. The maximum absolute atomic E-state index is 6.68. The lowest BCUT2D eigenvalue weighted by molar-refractivity contribution is 0.669. The number of aromatic nitrogens is 1. The summed E-state index contributed by atoms with van der Waals surface area (Å²) in [6.45, 7) is 0. The Morgan fingerprint density at radius 1 is 0.400 bits per heavy atom. The molecular weight excluding hydrogens is 613 g/mol. The van der Waals surface area contributed by atoms with Crippen molar-refractivity contribution in [3.63, 3.8) is 0 Å². The van der Waals surface area contributed by atoms with E-state index in [0.29, 0.717) is 0 Å². The summed E-state index contributed by atoms with van der Waals surface area (Å²) in [5.41, 5.74) is 10.2. The molecular formula is C46H28N2O2. The minimum absolute atomic E-state index is 0.857. The number of furan rings is 2. The number of fused-ring (bicyclic) bond motifs is 11. The van der Waals surface area contributed by atoms with Crippen LogP contribution in [0, 0.1) is 0 Å². The third-order valence-electron chi connectivity index (χ3n) is 10.2. The molecule has 0 aliphatic rings. The summed E-state index contributed by atoms with van der Waals surface area (Å²) in [6.07, 6.45) is 0. The van der Waals surface area contributed by atoms with Gasteiger partial charge in [0.15, 0.2) is 0 Å². The van der Waals surface area contributed by atoms with Crippen molar-refractivity contribution in [1.82, 2.24) is 4.57 Å². The van der Waals surface area contributed by atoms with Gasteiger partial charge in [-0.3, -0.25) is 0 Å². The molecule has 0 aliphatic heterocycles. The molecule has 4 nitrogen and oxygen atoms in total. The fourth-order valence-electron chi connectivity index (χ4n) is 7.96. The molecule has 0 amide bonds. The Morgan fingerprint density at radius 3 is 1.98 bits per heavy atom. The summed E-state index contributed by atoms with van der Waals surface area (Å²) >= 11 is 0. The maximum atomic E-state index is 6.68. The molecule has 3 heterocycles. The number of hydrogen-bond donors (Lipinski definition) is 0. The SMILES string of the molecule is c1ccc(-n2c3ccccc3c3cc(N(c4ccc5oc6ccccc6c5c4)c4cccc5oc6c7ccccc7ccc6c45)ccc32)cc1. The number of nitrogens with zero attached hydrogens (tertiary/aromatic N) is 2. The molecule has 11 rings (SSSR count). The van der Waals surface area contributed by atoms with E-state index in [1.807, 2.05) is 12.1 Å². The summed E-state index contributed by atoms with van der Waals surface area (Å²) < 4.78 is 15.3. The zero-order valence-corrected chi connectivity index (χ0v) is 26.9. The van der Waals surface area contributed by atoms with Crippen molar-refractivity contribution in [2.24, 2.45) is 0 Å². The van der Waals surface area contributed by atoms with Crippen LogP contribution in [0.5, 0.6) is 0 Å². The Hall–Kier alpha value is -6.78. The van der Waals surface area contributed by atoms with Gasteiger partial charge in [-0.15, -0.1) is 0 Å². The van der Waals surface area contributed by atoms with E-state index in [1.165, 1.54) is 16.3 Å². The Kier molecular flexibility index (Phi) is 5.63. The predicted octanol–water partition coefficient (Wildman–Crippen LogP) is 13.2. The highest BCUT2D eigenvalue weighted by molar-refractivity contribution is 6.20. The van der Waals surface area contributed by atoms with E-state index < -0.39 is 0 Å². The van der Waals surface area contributed by atoms with Gasteiger partial charge in [0.2, 0.25) is 0 Å². The monoisotopic (exact) mass is 640 g/mol. The zero-order chi connectivity index (χ0) is 32.8. The van der Waals surface area contributed by atoms with Gasteiger partial charge >= 0.3 is 0 Å². The van der Waals surface area contributed by atoms with Gasteiger partial charge in [-0.2, -0.15) is 0 Å². The number of hydrogen-bond acceptors (Lipinski definition) is 3. The first-order chi connectivity index (χ1) is 24.8. The van der Waals surface area contributed by atoms with Crippen molar-refractivity contribution in [3.05, 3.63) is 170 Å². The fraction of sp³-hybridized carbons (Fsp3) is 0. The van der Waals surface area contributed by atoms with Crippen LogP contribution in [0.25, 0.3) is 82.1 Å². The molecule has 3 aromatic heterocycles. The van der Waals surface area contributed by atoms with Crippen LogP contribution in [0.4, 0.5) is 17.1 Å². The average molecular weight is 641 g/mol. The Bertz CT molecular complexity index is 3110. The molecule has 4 heteroatoms. The third-order valence-corrected chi connectivity index (χ3v) is 10.2. The first kappa shape index (κ1) is 27.2. The smallest absolute Gasteiger partial charge is 0.143 e. The van der Waals surface area contributed by atoms with Gasteiger partial charge in [0, 0.05) is 49.4 Å². The van der Waals surface area contributed by atoms with Gasteiger partial charge in [-0.1, -0.05) is 91.0 Å². The van der Waals surface area contributed by atoms with Crippen LogP contribution in [-0.2, 0) is 0 Å². The molecule has 50 heavy (non-hydrogen) atoms. The van der Waals surface area contributed by atoms with Crippen LogP contribution in [0.15, 0.2) is 179 Å². The first-order valence-corrected chi connectivity index (χ1v) is 16.9. The van der Waals surface area contributed by atoms with Crippen molar-refractivity contribution >= 4 is 93.5 Å². The van der Waals surface area contributed by atoms with E-state index in [1.54, 1.807) is 0 Å². The molecule has 0 radical (unpaired) electrons. The molecule has 0 N–H and O–H groups in total. The van der Waals surface area contributed by atoms with Gasteiger partial charge in [0.25, 0.3) is 0 Å². The molecule has 0 bridgehead atoms. The highest BCUT2D eigenvalue weighted by Gasteiger charge is 2.23. The van der Waals surface area contributed by atoms with Gasteiger partial charge in [-0.05, 0) is 84.2 Å². The summed E-state index contributed by atoms with van der Waals surface area (Å²) in [5.74, 6) is 0. The second-order valence-electron chi connectivity index (χ2n) is 12.9. The highest BCUT2D eigenvalue weighted by Crippen LogP contribution is 2.46. The zero-order valence-electron chi connectivity index (χ0n) is 26.9. The lowest BCUT2D eigenvalue weighted by Crippen LogP contribution is -2.10. The van der Waals surface area contributed by atoms with Crippen LogP contribution in [-0.4, -0.2) is 4.57 Å². The number of benzene rings is 8. The van der Waals surface area contributed by atoms with Crippen LogP contribution in [0.2, 0.25) is 0 Å². The molecule has 0 saturated heterocycles. The minimum atomic E-state index is 0.857. The Morgan fingerprint density at radius 2 is 1.08 bits per heavy atom. The lowest BCUT2D eigenvalue weighted by Gasteiger charge is -2.26. The summed E-state index contributed by atoms with van der Waals surface area (Å²) in [4.78, 5) is 2.38. The highest BCUT2D eigenvalue weighted by atomic mass is 16.3. The van der Waals surface area contributed by atoms with Crippen molar-refractivity contribution in [1.29, 1.82) is 0 Å². The molecule has 234 valence electrons. The van der Waals surface area contributed by atoms with Crippen molar-refractivity contribution in [3.8, 4) is 5.69 Å². The van der Waals surface area contributed by atoms with Crippen LogP contribution in [0.1, 0.15) is 0 Å². The van der Waals surface area contributed by atoms with E-state index >= 15 is 0 Å². The Balaban J connectivity index is 1.22. The topological polar surface area (TPSA) is 34.5 Å². The largest absolute Gasteiger partial charge is 0.456 e. The van der Waals surface area contributed by atoms with Crippen molar-refractivity contribution in [2.75, 3.05) is 4.90 Å². The average Bonchev–Trinajstić information content (AvgIpc) is 3.85. The molecule has 8 aromatic carbocycles. The lowest BCUT2D eigenvalue weighted by atomic mass is 10.0. The fourth-order valence-corrected chi connectivity index (χ4v) is 7.96. The number of rotatable bonds is 4. The maximum Gasteiger partial charge on any atom is 0.143 e. The van der Waals surface area contributed by atoms with Crippen LogP contribution < -0.4 is 4.90 Å². The van der Waals surface area contributed by atoms with E-state index in [2.05, 4.69) is 167 Å². The minimum Gasteiger partial charge on any atom is -0.456 e. The molecule has 0 spiro atoms. The Labute approximate surface area is 286 Å². The number of anilines is 3. The molecule has 0 aliphatic carbocycles. The normalized spacial score (nSPS) is 12.0. The van der Waals surface area contributed by atoms with Gasteiger partial charge < -0.3 is 18.3 Å². The van der Waals surface area contributed by atoms with Crippen molar-refractivity contribution in [2.45, 2.75) is 0 Å². The number of para-hydroxylation sites is 3. The van der Waals surface area contributed by atoms with Gasteiger partial charge in [0.1, 0.15) is 22.3 Å². The summed E-state index contributed by atoms with van der Waals surface area (Å²) in [6, 6.07) is 60.1. The van der Waals surface area contributed by atoms with Gasteiger partial charge in [-0.25, -0.2) is 0 Å². The van der Waals surface area contributed by atoms with E-state index in [4.69, 9.17) is 8.83 Å². The van der Waals surface area contributed by atoms with Crippen LogP contribution in [0.3, 0.4) is 0 Å². The van der Waals surface area contributed by atoms with E-state index in [9.17, 15) is 0 Å². The molecule has 11 aromatic rings. The molecule has 0 atom stereocenters. The van der Waals surface area contributed by atoms with Crippen molar-refractivity contribution < 1.29 is 8.83 Å². The second-order valence-corrected chi connectivity index (χ2v) is 12.9. The second kappa shape index (κ2) is 10.4. The summed E-state index contributed by atoms with van der Waals surface area (Å²) in [7, 11) is 0.